The fraction of sp³-hybridized carbons (Fsp3) is 0.571. The van der Waals surface area contributed by atoms with Crippen LogP contribution in [0.1, 0.15) is 18.4 Å². The predicted molar refractivity (Wildman–Crippen MR) is 79.5 cm³/mol. The molecule has 3 rings (SSSR count). The largest absolute Gasteiger partial charge is 0.363 e. The maximum absolute atomic E-state index is 11.2. The Balaban J connectivity index is 1.77. The molecule has 0 atom stereocenters. The molecule has 1 aromatic rings. The minimum Gasteiger partial charge on any atom is -0.363 e. The van der Waals surface area contributed by atoms with Crippen molar-refractivity contribution in [3.05, 3.63) is 33.9 Å². The molecule has 1 saturated heterocycles. The Morgan fingerprint density at radius 3 is 2.50 bits per heavy atom. The number of piperazine rings is 1. The molecule has 1 aliphatic carbocycles. The highest BCUT2D eigenvalue weighted by molar-refractivity contribution is 6.17. The molecule has 0 spiro atoms. The minimum atomic E-state index is -0.307. The molecule has 0 N–H and O–H groups in total. The van der Waals surface area contributed by atoms with Crippen LogP contribution in [0.3, 0.4) is 0 Å². The number of hydrogen-bond donors (Lipinski definition) is 0. The molecule has 5 nitrogen and oxygen atoms in total. The van der Waals surface area contributed by atoms with Crippen molar-refractivity contribution in [1.82, 2.24) is 4.90 Å². The molecule has 1 aliphatic heterocycles. The Labute approximate surface area is 123 Å². The first kappa shape index (κ1) is 13.6. The molecule has 1 heterocycles. The minimum absolute atomic E-state index is 0.169. The highest BCUT2D eigenvalue weighted by Crippen LogP contribution is 2.32. The van der Waals surface area contributed by atoms with Crippen LogP contribution in [0.25, 0.3) is 0 Å². The van der Waals surface area contributed by atoms with Crippen LogP contribution < -0.4 is 4.90 Å². The van der Waals surface area contributed by atoms with Gasteiger partial charge >= 0.3 is 0 Å². The smallest absolute Gasteiger partial charge is 0.292 e. The van der Waals surface area contributed by atoms with Gasteiger partial charge in [-0.1, -0.05) is 6.07 Å². The molecule has 2 fully saturated rings. The molecule has 1 saturated carbocycles. The summed E-state index contributed by atoms with van der Waals surface area (Å²) >= 11 is 5.76. The summed E-state index contributed by atoms with van der Waals surface area (Å²) in [4.78, 5) is 15.5. The number of benzene rings is 1. The molecule has 0 unspecified atom stereocenters. The highest BCUT2D eigenvalue weighted by Gasteiger charge is 2.32. The van der Waals surface area contributed by atoms with Gasteiger partial charge in [-0.15, -0.1) is 11.6 Å². The molecule has 108 valence electrons. The zero-order valence-electron chi connectivity index (χ0n) is 11.3. The van der Waals surface area contributed by atoms with E-state index >= 15 is 0 Å². The van der Waals surface area contributed by atoms with Crippen molar-refractivity contribution in [2.75, 3.05) is 31.1 Å². The van der Waals surface area contributed by atoms with Crippen LogP contribution in [0.5, 0.6) is 0 Å². The van der Waals surface area contributed by atoms with Crippen LogP contribution in [-0.4, -0.2) is 42.0 Å². The van der Waals surface area contributed by atoms with E-state index in [1.54, 1.807) is 6.07 Å². The van der Waals surface area contributed by atoms with E-state index in [-0.39, 0.29) is 10.6 Å². The Bertz CT molecular complexity index is 511. The first-order valence-electron chi connectivity index (χ1n) is 7.01. The van der Waals surface area contributed by atoms with E-state index in [2.05, 4.69) is 9.80 Å². The number of rotatable bonds is 4. The third kappa shape index (κ3) is 2.74. The van der Waals surface area contributed by atoms with Gasteiger partial charge < -0.3 is 4.90 Å². The SMILES string of the molecule is O=[N+]([O-])c1cc(CCl)ccc1N1CCN(C2CC2)CC1. The summed E-state index contributed by atoms with van der Waals surface area (Å²) in [6.45, 7) is 3.72. The first-order chi connectivity index (χ1) is 9.69. The summed E-state index contributed by atoms with van der Waals surface area (Å²) in [7, 11) is 0. The summed E-state index contributed by atoms with van der Waals surface area (Å²) in [6, 6.07) is 6.08. The number of hydrogen-bond acceptors (Lipinski definition) is 4. The third-order valence-corrected chi connectivity index (χ3v) is 4.42. The molecular weight excluding hydrogens is 278 g/mol. The molecular formula is C14H18ClN3O2. The first-order valence-corrected chi connectivity index (χ1v) is 7.55. The van der Waals surface area contributed by atoms with Gasteiger partial charge in [-0.3, -0.25) is 15.0 Å². The topological polar surface area (TPSA) is 49.6 Å². The number of anilines is 1. The van der Waals surface area contributed by atoms with Crippen LogP contribution in [0.4, 0.5) is 11.4 Å². The van der Waals surface area contributed by atoms with E-state index in [1.165, 1.54) is 12.8 Å². The quantitative estimate of drug-likeness (QED) is 0.487. The zero-order valence-corrected chi connectivity index (χ0v) is 12.1. The standard InChI is InChI=1S/C14H18ClN3O2/c15-10-11-1-4-13(14(9-11)18(19)20)17-7-5-16(6-8-17)12-2-3-12/h1,4,9,12H,2-3,5-8,10H2. The monoisotopic (exact) mass is 295 g/mol. The number of nitrogens with zero attached hydrogens (tertiary/aromatic N) is 3. The van der Waals surface area contributed by atoms with Crippen molar-refractivity contribution >= 4 is 23.0 Å². The van der Waals surface area contributed by atoms with Crippen LogP contribution >= 0.6 is 11.6 Å². The molecule has 0 aromatic heterocycles. The molecule has 0 bridgehead atoms. The van der Waals surface area contributed by atoms with Gasteiger partial charge in [-0.05, 0) is 24.5 Å². The van der Waals surface area contributed by atoms with E-state index in [9.17, 15) is 10.1 Å². The molecule has 6 heteroatoms. The van der Waals surface area contributed by atoms with E-state index in [1.807, 2.05) is 12.1 Å². The Morgan fingerprint density at radius 2 is 1.95 bits per heavy atom. The number of nitro benzene ring substituents is 1. The van der Waals surface area contributed by atoms with E-state index < -0.39 is 0 Å². The third-order valence-electron chi connectivity index (χ3n) is 4.11. The van der Waals surface area contributed by atoms with Gasteiger partial charge in [-0.2, -0.15) is 0 Å². The van der Waals surface area contributed by atoms with Crippen LogP contribution in [0, 0.1) is 10.1 Å². The summed E-state index contributed by atoms with van der Waals surface area (Å²) < 4.78 is 0. The summed E-state index contributed by atoms with van der Waals surface area (Å²) in [5, 5.41) is 11.2. The fourth-order valence-corrected chi connectivity index (χ4v) is 3.00. The molecule has 2 aliphatic rings. The van der Waals surface area contributed by atoms with Gasteiger partial charge in [0.05, 0.1) is 4.92 Å². The second kappa shape index (κ2) is 5.58. The predicted octanol–water partition coefficient (Wildman–Crippen LogP) is 2.62. The number of alkyl halides is 1. The lowest BCUT2D eigenvalue weighted by atomic mass is 10.1. The number of nitro groups is 1. The van der Waals surface area contributed by atoms with Gasteiger partial charge in [0.25, 0.3) is 5.69 Å². The molecule has 1 aromatic carbocycles. The van der Waals surface area contributed by atoms with Gasteiger partial charge in [0.15, 0.2) is 0 Å². The average molecular weight is 296 g/mol. The maximum atomic E-state index is 11.2. The lowest BCUT2D eigenvalue weighted by Gasteiger charge is -2.35. The Kier molecular flexibility index (Phi) is 3.81. The number of halogens is 1. The van der Waals surface area contributed by atoms with Crippen LogP contribution in [0.2, 0.25) is 0 Å². The van der Waals surface area contributed by atoms with Crippen molar-refractivity contribution < 1.29 is 4.92 Å². The lowest BCUT2D eigenvalue weighted by molar-refractivity contribution is -0.384. The van der Waals surface area contributed by atoms with Gasteiger partial charge in [-0.25, -0.2) is 0 Å². The molecule has 0 radical (unpaired) electrons. The van der Waals surface area contributed by atoms with Gasteiger partial charge in [0, 0.05) is 44.2 Å². The van der Waals surface area contributed by atoms with E-state index in [0.29, 0.717) is 5.88 Å². The second-order valence-corrected chi connectivity index (χ2v) is 5.74. The lowest BCUT2D eigenvalue weighted by Crippen LogP contribution is -2.47. The Morgan fingerprint density at radius 1 is 1.25 bits per heavy atom. The van der Waals surface area contributed by atoms with Crippen molar-refractivity contribution in [3.63, 3.8) is 0 Å². The normalized spacial score (nSPS) is 20.1. The highest BCUT2D eigenvalue weighted by atomic mass is 35.5. The summed E-state index contributed by atoms with van der Waals surface area (Å²) in [6.07, 6.45) is 2.62. The second-order valence-electron chi connectivity index (χ2n) is 5.47. The van der Waals surface area contributed by atoms with E-state index in [0.717, 1.165) is 43.5 Å². The fourth-order valence-electron chi connectivity index (χ4n) is 2.83. The average Bonchev–Trinajstić information content (AvgIpc) is 3.31. The van der Waals surface area contributed by atoms with E-state index in [4.69, 9.17) is 11.6 Å². The van der Waals surface area contributed by atoms with Crippen LogP contribution in [-0.2, 0) is 5.88 Å². The molecule has 20 heavy (non-hydrogen) atoms. The molecule has 0 amide bonds. The summed E-state index contributed by atoms with van der Waals surface area (Å²) in [5.74, 6) is 0.302. The van der Waals surface area contributed by atoms with Crippen molar-refractivity contribution in [2.45, 2.75) is 24.8 Å². The van der Waals surface area contributed by atoms with Crippen molar-refractivity contribution in [1.29, 1.82) is 0 Å². The summed E-state index contributed by atoms with van der Waals surface area (Å²) in [5.41, 5.74) is 1.68. The zero-order chi connectivity index (χ0) is 14.1. The maximum Gasteiger partial charge on any atom is 0.292 e. The van der Waals surface area contributed by atoms with Gasteiger partial charge in [0.2, 0.25) is 0 Å². The van der Waals surface area contributed by atoms with Crippen molar-refractivity contribution in [3.8, 4) is 0 Å². The van der Waals surface area contributed by atoms with Crippen LogP contribution in [0.15, 0.2) is 18.2 Å². The Hall–Kier alpha value is -1.33. The van der Waals surface area contributed by atoms with Crippen molar-refractivity contribution in [2.24, 2.45) is 0 Å². The van der Waals surface area contributed by atoms with Gasteiger partial charge in [0.1, 0.15) is 5.69 Å².